The number of methoxy groups -OCH3 is 1. The van der Waals surface area contributed by atoms with Crippen molar-refractivity contribution in [3.63, 3.8) is 0 Å². The van der Waals surface area contributed by atoms with E-state index in [2.05, 4.69) is 10.1 Å². The highest BCUT2D eigenvalue weighted by molar-refractivity contribution is 5.90. The zero-order valence-electron chi connectivity index (χ0n) is 16.9. The SMILES string of the molecule is COC(=O)c1ccc(CNC(=O)Cc2c(-c3ccccc3)oc3c(=O)cc(C)oc23)o1. The van der Waals surface area contributed by atoms with Gasteiger partial charge in [-0.1, -0.05) is 30.3 Å². The van der Waals surface area contributed by atoms with Crippen LogP contribution in [-0.4, -0.2) is 19.0 Å². The molecule has 1 aromatic carbocycles. The Kier molecular flexibility index (Phi) is 5.44. The number of rotatable bonds is 6. The van der Waals surface area contributed by atoms with Crippen LogP contribution >= 0.6 is 0 Å². The molecular formula is C23H19NO7. The maximum Gasteiger partial charge on any atom is 0.373 e. The molecule has 0 radical (unpaired) electrons. The monoisotopic (exact) mass is 421 g/mol. The Bertz CT molecular complexity index is 1310. The number of amides is 1. The van der Waals surface area contributed by atoms with Gasteiger partial charge in [-0.25, -0.2) is 4.79 Å². The minimum Gasteiger partial charge on any atom is -0.463 e. The van der Waals surface area contributed by atoms with Crippen molar-refractivity contribution in [3.8, 4) is 11.3 Å². The predicted octanol–water partition coefficient (Wildman–Crippen LogP) is 3.60. The Hall–Kier alpha value is -4.07. The van der Waals surface area contributed by atoms with Gasteiger partial charge in [-0.2, -0.15) is 0 Å². The molecule has 0 atom stereocenters. The number of carbonyl (C=O) groups excluding carboxylic acids is 2. The molecule has 0 saturated heterocycles. The van der Waals surface area contributed by atoms with Gasteiger partial charge in [0.1, 0.15) is 17.3 Å². The van der Waals surface area contributed by atoms with Gasteiger partial charge in [-0.05, 0) is 19.1 Å². The van der Waals surface area contributed by atoms with Crippen molar-refractivity contribution in [2.24, 2.45) is 0 Å². The van der Waals surface area contributed by atoms with Crippen LogP contribution in [0.25, 0.3) is 22.5 Å². The van der Waals surface area contributed by atoms with E-state index in [1.165, 1.54) is 19.2 Å². The lowest BCUT2D eigenvalue weighted by Gasteiger charge is -2.05. The summed E-state index contributed by atoms with van der Waals surface area (Å²) in [6, 6.07) is 13.6. The quantitative estimate of drug-likeness (QED) is 0.473. The molecule has 0 aliphatic rings. The lowest BCUT2D eigenvalue weighted by atomic mass is 10.1. The molecule has 0 spiro atoms. The minimum absolute atomic E-state index is 0.0520. The summed E-state index contributed by atoms with van der Waals surface area (Å²) in [5.41, 5.74) is 1.22. The van der Waals surface area contributed by atoms with Crippen molar-refractivity contribution in [2.45, 2.75) is 19.9 Å². The van der Waals surface area contributed by atoms with E-state index in [1.54, 1.807) is 13.0 Å². The van der Waals surface area contributed by atoms with Gasteiger partial charge in [0.2, 0.25) is 22.7 Å². The highest BCUT2D eigenvalue weighted by Crippen LogP contribution is 2.33. The van der Waals surface area contributed by atoms with Crippen molar-refractivity contribution >= 4 is 23.0 Å². The Morgan fingerprint density at radius 3 is 2.52 bits per heavy atom. The molecule has 4 rings (SSSR count). The van der Waals surface area contributed by atoms with Crippen LogP contribution in [0, 0.1) is 6.92 Å². The van der Waals surface area contributed by atoms with E-state index in [0.717, 1.165) is 5.56 Å². The first kappa shape index (κ1) is 20.2. The van der Waals surface area contributed by atoms with Crippen molar-refractivity contribution < 1.29 is 27.6 Å². The van der Waals surface area contributed by atoms with Crippen LogP contribution in [0.4, 0.5) is 0 Å². The highest BCUT2D eigenvalue weighted by atomic mass is 16.5. The standard InChI is InChI=1S/C23H19NO7/c1-13-10-17(25)22-21(29-13)16(20(31-22)14-6-4-3-5-7-14)11-19(26)24-12-15-8-9-18(30-15)23(27)28-2/h3-10H,11-12H2,1-2H3,(H,24,26). The smallest absolute Gasteiger partial charge is 0.373 e. The fourth-order valence-electron chi connectivity index (χ4n) is 3.24. The number of nitrogens with one attached hydrogen (secondary N) is 1. The first-order chi connectivity index (χ1) is 15.0. The summed E-state index contributed by atoms with van der Waals surface area (Å²) in [6.45, 7) is 1.74. The van der Waals surface area contributed by atoms with Crippen LogP contribution in [0.5, 0.6) is 0 Å². The Balaban J connectivity index is 1.61. The van der Waals surface area contributed by atoms with Crippen LogP contribution in [-0.2, 0) is 22.5 Å². The van der Waals surface area contributed by atoms with E-state index < -0.39 is 5.97 Å². The number of aryl methyl sites for hydroxylation is 1. The molecule has 1 amide bonds. The van der Waals surface area contributed by atoms with Crippen molar-refractivity contribution in [1.82, 2.24) is 5.32 Å². The molecule has 31 heavy (non-hydrogen) atoms. The second kappa shape index (κ2) is 8.35. The molecule has 3 aromatic heterocycles. The Morgan fingerprint density at radius 1 is 1.00 bits per heavy atom. The first-order valence-corrected chi connectivity index (χ1v) is 9.51. The summed E-state index contributed by atoms with van der Waals surface area (Å²) in [4.78, 5) is 36.5. The zero-order valence-corrected chi connectivity index (χ0v) is 16.9. The molecule has 158 valence electrons. The molecule has 0 fully saturated rings. The first-order valence-electron chi connectivity index (χ1n) is 9.51. The third kappa shape index (κ3) is 4.13. The van der Waals surface area contributed by atoms with Gasteiger partial charge >= 0.3 is 5.97 Å². The predicted molar refractivity (Wildman–Crippen MR) is 111 cm³/mol. The number of hydrogen-bond donors (Lipinski definition) is 1. The van der Waals surface area contributed by atoms with Gasteiger partial charge in [0.05, 0.1) is 25.6 Å². The molecule has 8 heteroatoms. The molecule has 4 aromatic rings. The summed E-state index contributed by atoms with van der Waals surface area (Å²) in [5.74, 6) is 0.349. The number of furan rings is 2. The third-order valence-electron chi connectivity index (χ3n) is 4.66. The fraction of sp³-hybridized carbons (Fsp3) is 0.174. The van der Waals surface area contributed by atoms with E-state index in [-0.39, 0.29) is 41.2 Å². The lowest BCUT2D eigenvalue weighted by Crippen LogP contribution is -2.24. The number of carbonyl (C=O) groups is 2. The molecule has 0 saturated carbocycles. The van der Waals surface area contributed by atoms with E-state index >= 15 is 0 Å². The van der Waals surface area contributed by atoms with Crippen LogP contribution < -0.4 is 10.7 Å². The summed E-state index contributed by atoms with van der Waals surface area (Å²) < 4.78 is 21.5. The second-order valence-corrected chi connectivity index (χ2v) is 6.87. The number of ether oxygens (including phenoxy) is 1. The van der Waals surface area contributed by atoms with E-state index in [0.29, 0.717) is 22.8 Å². The average Bonchev–Trinajstić information content (AvgIpc) is 3.38. The Labute approximate surface area is 176 Å². The highest BCUT2D eigenvalue weighted by Gasteiger charge is 2.23. The fourth-order valence-corrected chi connectivity index (χ4v) is 3.24. The van der Waals surface area contributed by atoms with Gasteiger partial charge in [-0.3, -0.25) is 9.59 Å². The minimum atomic E-state index is -0.597. The van der Waals surface area contributed by atoms with Gasteiger partial charge in [0.15, 0.2) is 5.58 Å². The van der Waals surface area contributed by atoms with Crippen LogP contribution in [0.2, 0.25) is 0 Å². The van der Waals surface area contributed by atoms with E-state index in [9.17, 15) is 14.4 Å². The molecule has 0 aliphatic heterocycles. The van der Waals surface area contributed by atoms with Crippen LogP contribution in [0.15, 0.2) is 66.6 Å². The number of fused-ring (bicyclic) bond motifs is 1. The third-order valence-corrected chi connectivity index (χ3v) is 4.66. The van der Waals surface area contributed by atoms with Crippen molar-refractivity contribution in [2.75, 3.05) is 7.11 Å². The van der Waals surface area contributed by atoms with E-state index in [4.69, 9.17) is 13.3 Å². The summed E-state index contributed by atoms with van der Waals surface area (Å²) in [5, 5.41) is 2.73. The van der Waals surface area contributed by atoms with Crippen molar-refractivity contribution in [3.05, 3.63) is 81.6 Å². The number of esters is 1. The van der Waals surface area contributed by atoms with Crippen molar-refractivity contribution in [1.29, 1.82) is 0 Å². The molecule has 1 N–H and O–H groups in total. The molecule has 8 nitrogen and oxygen atoms in total. The van der Waals surface area contributed by atoms with Gasteiger partial charge < -0.3 is 23.3 Å². The molecule has 0 aliphatic carbocycles. The molecule has 3 heterocycles. The second-order valence-electron chi connectivity index (χ2n) is 6.87. The Morgan fingerprint density at radius 2 is 1.77 bits per heavy atom. The average molecular weight is 421 g/mol. The topological polar surface area (TPSA) is 112 Å². The normalized spacial score (nSPS) is 10.9. The van der Waals surface area contributed by atoms with Gasteiger partial charge in [-0.15, -0.1) is 0 Å². The maximum absolute atomic E-state index is 12.7. The van der Waals surface area contributed by atoms with Crippen LogP contribution in [0.1, 0.15) is 27.6 Å². The van der Waals surface area contributed by atoms with Gasteiger partial charge in [0.25, 0.3) is 0 Å². The maximum atomic E-state index is 12.7. The number of benzene rings is 1. The van der Waals surface area contributed by atoms with Crippen LogP contribution in [0.3, 0.4) is 0 Å². The zero-order chi connectivity index (χ0) is 22.0. The molecular weight excluding hydrogens is 402 g/mol. The summed E-state index contributed by atoms with van der Waals surface area (Å²) >= 11 is 0. The summed E-state index contributed by atoms with van der Waals surface area (Å²) in [7, 11) is 1.26. The van der Waals surface area contributed by atoms with Gasteiger partial charge in [0, 0.05) is 11.6 Å². The van der Waals surface area contributed by atoms with E-state index in [1.807, 2.05) is 30.3 Å². The largest absolute Gasteiger partial charge is 0.463 e. The summed E-state index contributed by atoms with van der Waals surface area (Å²) in [6.07, 6.45) is -0.0752. The number of hydrogen-bond acceptors (Lipinski definition) is 7. The lowest BCUT2D eigenvalue weighted by molar-refractivity contribution is -0.120. The molecule has 0 bridgehead atoms. The molecule has 0 unspecified atom stereocenters.